The quantitative estimate of drug-likeness (QED) is 0.800. The van der Waals surface area contributed by atoms with E-state index in [4.69, 9.17) is 4.74 Å². The Labute approximate surface area is 155 Å². The maximum atomic E-state index is 13.0. The van der Waals surface area contributed by atoms with Crippen molar-refractivity contribution in [3.05, 3.63) is 35.6 Å². The Bertz CT molecular complexity index is 575. The van der Waals surface area contributed by atoms with Crippen molar-refractivity contribution in [2.45, 2.75) is 19.9 Å². The summed E-state index contributed by atoms with van der Waals surface area (Å²) in [5.41, 5.74) is 1.12. The van der Waals surface area contributed by atoms with Gasteiger partial charge in [-0.25, -0.2) is 4.39 Å². The summed E-state index contributed by atoms with van der Waals surface area (Å²) in [6.07, 6.45) is 0.983. The fourth-order valence-corrected chi connectivity index (χ4v) is 3.76. The number of hydrogen-bond donors (Lipinski definition) is 0. The van der Waals surface area contributed by atoms with Crippen LogP contribution in [0.1, 0.15) is 18.9 Å². The van der Waals surface area contributed by atoms with Crippen molar-refractivity contribution in [2.24, 2.45) is 5.92 Å². The van der Waals surface area contributed by atoms with Gasteiger partial charge in [0.15, 0.2) is 0 Å². The first-order chi connectivity index (χ1) is 12.6. The molecule has 144 valence electrons. The molecule has 0 spiro atoms. The minimum absolute atomic E-state index is 0.0248. The molecule has 0 bridgehead atoms. The van der Waals surface area contributed by atoms with E-state index in [1.54, 1.807) is 0 Å². The van der Waals surface area contributed by atoms with Crippen molar-refractivity contribution in [3.8, 4) is 0 Å². The normalized spacial score (nSPS) is 21.4. The average molecular weight is 363 g/mol. The van der Waals surface area contributed by atoms with Crippen LogP contribution in [0.4, 0.5) is 4.39 Å². The maximum absolute atomic E-state index is 13.0. The molecule has 2 aliphatic heterocycles. The maximum Gasteiger partial charge on any atom is 0.226 e. The van der Waals surface area contributed by atoms with E-state index in [2.05, 4.69) is 9.80 Å². The molecule has 1 amide bonds. The van der Waals surface area contributed by atoms with Crippen molar-refractivity contribution in [1.29, 1.82) is 0 Å². The highest BCUT2D eigenvalue weighted by Gasteiger charge is 2.25. The topological polar surface area (TPSA) is 36.0 Å². The molecule has 6 heteroatoms. The third-order valence-corrected chi connectivity index (χ3v) is 5.28. The summed E-state index contributed by atoms with van der Waals surface area (Å²) in [6.45, 7) is 10.5. The van der Waals surface area contributed by atoms with Gasteiger partial charge in [0.25, 0.3) is 0 Å². The van der Waals surface area contributed by atoms with Gasteiger partial charge >= 0.3 is 0 Å². The molecular formula is C20H30FN3O2. The lowest BCUT2D eigenvalue weighted by atomic mass is 10.1. The number of rotatable bonds is 5. The molecule has 0 aliphatic carbocycles. The van der Waals surface area contributed by atoms with Crippen molar-refractivity contribution >= 4 is 5.91 Å². The van der Waals surface area contributed by atoms with Gasteiger partial charge in [-0.05, 0) is 24.1 Å². The third-order valence-electron chi connectivity index (χ3n) is 5.28. The lowest BCUT2D eigenvalue weighted by Crippen LogP contribution is -2.45. The molecular weight excluding hydrogens is 333 g/mol. The van der Waals surface area contributed by atoms with E-state index in [1.807, 2.05) is 24.0 Å². The van der Waals surface area contributed by atoms with Crippen molar-refractivity contribution in [2.75, 3.05) is 59.0 Å². The van der Waals surface area contributed by atoms with Crippen molar-refractivity contribution in [1.82, 2.24) is 14.7 Å². The minimum Gasteiger partial charge on any atom is -0.379 e. The van der Waals surface area contributed by atoms with Crippen LogP contribution in [0.5, 0.6) is 0 Å². The predicted octanol–water partition coefficient (Wildman–Crippen LogP) is 1.83. The number of amides is 1. The Morgan fingerprint density at radius 3 is 2.50 bits per heavy atom. The molecule has 0 N–H and O–H groups in total. The first kappa shape index (κ1) is 19.3. The molecule has 3 rings (SSSR count). The van der Waals surface area contributed by atoms with Gasteiger partial charge in [0.1, 0.15) is 5.82 Å². The van der Waals surface area contributed by atoms with E-state index in [9.17, 15) is 9.18 Å². The monoisotopic (exact) mass is 363 g/mol. The largest absolute Gasteiger partial charge is 0.379 e. The van der Waals surface area contributed by atoms with Crippen LogP contribution >= 0.6 is 0 Å². The zero-order valence-electron chi connectivity index (χ0n) is 15.7. The average Bonchev–Trinajstić information content (AvgIpc) is 2.89. The van der Waals surface area contributed by atoms with Gasteiger partial charge in [0, 0.05) is 58.3 Å². The Morgan fingerprint density at radius 1 is 1.04 bits per heavy atom. The molecule has 5 nitrogen and oxygen atoms in total. The van der Waals surface area contributed by atoms with E-state index < -0.39 is 0 Å². The summed E-state index contributed by atoms with van der Waals surface area (Å²) in [7, 11) is 0. The number of ether oxygens (including phenoxy) is 1. The lowest BCUT2D eigenvalue weighted by Gasteiger charge is -2.31. The predicted molar refractivity (Wildman–Crippen MR) is 99.3 cm³/mol. The second-order valence-corrected chi connectivity index (χ2v) is 7.40. The molecule has 0 saturated carbocycles. The van der Waals surface area contributed by atoms with Crippen LogP contribution in [-0.4, -0.2) is 79.6 Å². The summed E-state index contributed by atoms with van der Waals surface area (Å²) >= 11 is 0. The van der Waals surface area contributed by atoms with E-state index in [0.29, 0.717) is 0 Å². The van der Waals surface area contributed by atoms with Crippen LogP contribution in [0.3, 0.4) is 0 Å². The van der Waals surface area contributed by atoms with E-state index in [0.717, 1.165) is 77.6 Å². The van der Waals surface area contributed by atoms with E-state index >= 15 is 0 Å². The summed E-state index contributed by atoms with van der Waals surface area (Å²) in [5.74, 6) is 0.0903. The fourth-order valence-electron chi connectivity index (χ4n) is 3.76. The number of morpholine rings is 1. The minimum atomic E-state index is -0.198. The summed E-state index contributed by atoms with van der Waals surface area (Å²) in [4.78, 5) is 19.5. The molecule has 2 saturated heterocycles. The van der Waals surface area contributed by atoms with Gasteiger partial charge in [-0.1, -0.05) is 19.1 Å². The van der Waals surface area contributed by atoms with Gasteiger partial charge in [0.05, 0.1) is 13.2 Å². The van der Waals surface area contributed by atoms with Crippen LogP contribution in [0.2, 0.25) is 0 Å². The van der Waals surface area contributed by atoms with Crippen molar-refractivity contribution in [3.63, 3.8) is 0 Å². The highest BCUT2D eigenvalue weighted by atomic mass is 19.1. The van der Waals surface area contributed by atoms with Crippen LogP contribution in [0.25, 0.3) is 0 Å². The summed E-state index contributed by atoms with van der Waals surface area (Å²) in [6, 6.07) is 6.70. The summed E-state index contributed by atoms with van der Waals surface area (Å²) < 4.78 is 18.4. The molecule has 1 unspecified atom stereocenters. The van der Waals surface area contributed by atoms with Crippen LogP contribution in [0.15, 0.2) is 24.3 Å². The summed E-state index contributed by atoms with van der Waals surface area (Å²) in [5, 5.41) is 0. The number of halogens is 1. The standard InChI is InChI=1S/C20H30FN3O2/c1-17(15-23-11-13-26-14-12-23)20(25)24-8-2-7-22(9-10-24)16-18-3-5-19(21)6-4-18/h3-6,17H,2,7-16H2,1H3. The van der Waals surface area contributed by atoms with E-state index in [1.165, 1.54) is 12.1 Å². The SMILES string of the molecule is CC(CN1CCOCC1)C(=O)N1CCCN(Cc2ccc(F)cc2)CC1. The Hall–Kier alpha value is -1.50. The van der Waals surface area contributed by atoms with Gasteiger partial charge < -0.3 is 9.64 Å². The first-order valence-electron chi connectivity index (χ1n) is 9.67. The smallest absolute Gasteiger partial charge is 0.226 e. The Balaban J connectivity index is 1.47. The first-order valence-corrected chi connectivity index (χ1v) is 9.67. The number of hydrogen-bond acceptors (Lipinski definition) is 4. The fraction of sp³-hybridized carbons (Fsp3) is 0.650. The number of carbonyl (C=O) groups excluding carboxylic acids is 1. The van der Waals surface area contributed by atoms with Gasteiger partial charge in [0.2, 0.25) is 5.91 Å². The second-order valence-electron chi connectivity index (χ2n) is 7.40. The molecule has 26 heavy (non-hydrogen) atoms. The number of nitrogens with zero attached hydrogens (tertiary/aromatic N) is 3. The zero-order valence-corrected chi connectivity index (χ0v) is 15.7. The second kappa shape index (κ2) is 9.44. The molecule has 2 fully saturated rings. The van der Waals surface area contributed by atoms with E-state index in [-0.39, 0.29) is 17.6 Å². The van der Waals surface area contributed by atoms with Crippen LogP contribution in [-0.2, 0) is 16.1 Å². The number of carbonyl (C=O) groups is 1. The van der Waals surface area contributed by atoms with Crippen LogP contribution in [0, 0.1) is 11.7 Å². The third kappa shape index (κ3) is 5.50. The lowest BCUT2D eigenvalue weighted by molar-refractivity contribution is -0.135. The molecule has 2 aliphatic rings. The van der Waals surface area contributed by atoms with Gasteiger partial charge in [-0.2, -0.15) is 0 Å². The van der Waals surface area contributed by atoms with Gasteiger partial charge in [-0.3, -0.25) is 14.6 Å². The zero-order chi connectivity index (χ0) is 18.4. The highest BCUT2D eigenvalue weighted by molar-refractivity contribution is 5.78. The molecule has 1 atom stereocenters. The van der Waals surface area contributed by atoms with Gasteiger partial charge in [-0.15, -0.1) is 0 Å². The molecule has 0 aromatic heterocycles. The molecule has 0 radical (unpaired) electrons. The molecule has 1 aromatic rings. The number of benzene rings is 1. The highest BCUT2D eigenvalue weighted by Crippen LogP contribution is 2.13. The molecule has 1 aromatic carbocycles. The Morgan fingerprint density at radius 2 is 1.77 bits per heavy atom. The van der Waals surface area contributed by atoms with Crippen molar-refractivity contribution < 1.29 is 13.9 Å². The van der Waals surface area contributed by atoms with Crippen LogP contribution < -0.4 is 0 Å². The Kier molecular flexibility index (Phi) is 7.00. The molecule has 2 heterocycles.